The number of aromatic nitrogens is 2. The van der Waals surface area contributed by atoms with Crippen LogP contribution in [-0.2, 0) is 0 Å². The standard InChI is InChI=1S/C20H14IN3O/c21-16-8-4-5-9-17(16)23-20(25)15-10-11-24-13-18(22-19(24)12-15)14-6-2-1-3-7-14/h1-13H,(H,23,25). The molecule has 0 fully saturated rings. The van der Waals surface area contributed by atoms with Crippen molar-refractivity contribution in [3.63, 3.8) is 0 Å². The van der Waals surface area contributed by atoms with Crippen molar-refractivity contribution in [2.75, 3.05) is 5.32 Å². The lowest BCUT2D eigenvalue weighted by Crippen LogP contribution is -2.13. The molecular formula is C20H14IN3O. The number of para-hydroxylation sites is 1. The van der Waals surface area contributed by atoms with Crippen molar-refractivity contribution in [1.29, 1.82) is 0 Å². The molecule has 0 saturated heterocycles. The number of benzene rings is 2. The number of hydrogen-bond acceptors (Lipinski definition) is 2. The number of nitrogens with zero attached hydrogens (tertiary/aromatic N) is 2. The highest BCUT2D eigenvalue weighted by atomic mass is 127. The maximum Gasteiger partial charge on any atom is 0.255 e. The molecule has 0 bridgehead atoms. The summed E-state index contributed by atoms with van der Waals surface area (Å²) in [6, 6.07) is 21.3. The highest BCUT2D eigenvalue weighted by Crippen LogP contribution is 2.21. The van der Waals surface area contributed by atoms with Crippen molar-refractivity contribution < 1.29 is 4.79 Å². The van der Waals surface area contributed by atoms with E-state index in [-0.39, 0.29) is 5.91 Å². The number of rotatable bonds is 3. The van der Waals surface area contributed by atoms with Crippen LogP contribution in [0.4, 0.5) is 5.69 Å². The molecule has 0 radical (unpaired) electrons. The number of carbonyl (C=O) groups is 1. The number of anilines is 1. The molecule has 0 aliphatic rings. The molecule has 1 N–H and O–H groups in total. The summed E-state index contributed by atoms with van der Waals surface area (Å²) in [5, 5.41) is 2.95. The number of hydrogen-bond donors (Lipinski definition) is 1. The van der Waals surface area contributed by atoms with Crippen LogP contribution in [0.1, 0.15) is 10.4 Å². The lowest BCUT2D eigenvalue weighted by atomic mass is 10.2. The maximum absolute atomic E-state index is 12.5. The minimum atomic E-state index is -0.143. The zero-order chi connectivity index (χ0) is 17.2. The number of nitrogens with one attached hydrogen (secondary N) is 1. The monoisotopic (exact) mass is 439 g/mol. The molecule has 4 rings (SSSR count). The summed E-state index contributed by atoms with van der Waals surface area (Å²) in [7, 11) is 0. The topological polar surface area (TPSA) is 46.4 Å². The van der Waals surface area contributed by atoms with Gasteiger partial charge in [0.1, 0.15) is 5.65 Å². The Morgan fingerprint density at radius 2 is 1.76 bits per heavy atom. The summed E-state index contributed by atoms with van der Waals surface area (Å²) in [5.74, 6) is -0.143. The highest BCUT2D eigenvalue weighted by molar-refractivity contribution is 14.1. The minimum Gasteiger partial charge on any atom is -0.321 e. The second-order valence-electron chi connectivity index (χ2n) is 5.61. The lowest BCUT2D eigenvalue weighted by molar-refractivity contribution is 0.102. The molecule has 4 aromatic rings. The zero-order valence-electron chi connectivity index (χ0n) is 13.2. The summed E-state index contributed by atoms with van der Waals surface area (Å²) >= 11 is 2.21. The number of imidazole rings is 1. The molecule has 0 aliphatic carbocycles. The van der Waals surface area contributed by atoms with Gasteiger partial charge in [0.15, 0.2) is 0 Å². The minimum absolute atomic E-state index is 0.143. The number of halogens is 1. The highest BCUT2D eigenvalue weighted by Gasteiger charge is 2.11. The van der Waals surface area contributed by atoms with Gasteiger partial charge in [-0.2, -0.15) is 0 Å². The molecule has 0 aliphatic heterocycles. The molecule has 2 aromatic heterocycles. The molecule has 122 valence electrons. The van der Waals surface area contributed by atoms with Gasteiger partial charge in [-0.25, -0.2) is 4.98 Å². The van der Waals surface area contributed by atoms with Gasteiger partial charge >= 0.3 is 0 Å². The first-order valence-corrected chi connectivity index (χ1v) is 8.89. The Kier molecular flexibility index (Phi) is 4.23. The van der Waals surface area contributed by atoms with E-state index in [0.29, 0.717) is 5.56 Å². The number of fused-ring (bicyclic) bond motifs is 1. The smallest absolute Gasteiger partial charge is 0.255 e. The quantitative estimate of drug-likeness (QED) is 0.464. The molecule has 2 aromatic carbocycles. The largest absolute Gasteiger partial charge is 0.321 e. The van der Waals surface area contributed by atoms with Crippen LogP contribution in [0, 0.1) is 3.57 Å². The molecule has 1 amide bonds. The van der Waals surface area contributed by atoms with E-state index in [1.54, 1.807) is 12.1 Å². The lowest BCUT2D eigenvalue weighted by Gasteiger charge is -2.07. The summed E-state index contributed by atoms with van der Waals surface area (Å²) < 4.78 is 2.92. The van der Waals surface area contributed by atoms with Gasteiger partial charge < -0.3 is 9.72 Å². The molecule has 0 spiro atoms. The zero-order valence-corrected chi connectivity index (χ0v) is 15.3. The van der Waals surface area contributed by atoms with Crippen LogP contribution >= 0.6 is 22.6 Å². The number of amides is 1. The van der Waals surface area contributed by atoms with Gasteiger partial charge in [0, 0.05) is 27.1 Å². The van der Waals surface area contributed by atoms with Gasteiger partial charge in [0.25, 0.3) is 5.91 Å². The molecule has 2 heterocycles. The first kappa shape index (κ1) is 15.8. The van der Waals surface area contributed by atoms with Crippen LogP contribution < -0.4 is 5.32 Å². The fourth-order valence-corrected chi connectivity index (χ4v) is 3.15. The average molecular weight is 439 g/mol. The van der Waals surface area contributed by atoms with Crippen LogP contribution in [0.3, 0.4) is 0 Å². The third-order valence-electron chi connectivity index (χ3n) is 3.91. The van der Waals surface area contributed by atoms with Gasteiger partial charge in [0.2, 0.25) is 0 Å². The molecule has 0 saturated carbocycles. The van der Waals surface area contributed by atoms with Crippen molar-refractivity contribution in [1.82, 2.24) is 9.38 Å². The second-order valence-corrected chi connectivity index (χ2v) is 6.77. The Morgan fingerprint density at radius 1 is 1.00 bits per heavy atom. The van der Waals surface area contributed by atoms with Crippen LogP contribution in [0.5, 0.6) is 0 Å². The first-order valence-electron chi connectivity index (χ1n) is 7.81. The van der Waals surface area contributed by atoms with Crippen LogP contribution in [0.2, 0.25) is 0 Å². The predicted octanol–water partition coefficient (Wildman–Crippen LogP) is 4.86. The van der Waals surface area contributed by atoms with Gasteiger partial charge in [-0.05, 0) is 46.9 Å². The fraction of sp³-hybridized carbons (Fsp3) is 0. The van der Waals surface area contributed by atoms with E-state index in [4.69, 9.17) is 0 Å². The third-order valence-corrected chi connectivity index (χ3v) is 4.85. The summed E-state index contributed by atoms with van der Waals surface area (Å²) in [5.41, 5.74) is 4.07. The van der Waals surface area contributed by atoms with Crippen LogP contribution in [-0.4, -0.2) is 15.3 Å². The Morgan fingerprint density at radius 3 is 2.56 bits per heavy atom. The van der Waals surface area contributed by atoms with E-state index in [1.165, 1.54) is 0 Å². The van der Waals surface area contributed by atoms with Crippen molar-refractivity contribution in [2.24, 2.45) is 0 Å². The van der Waals surface area contributed by atoms with Crippen molar-refractivity contribution in [2.45, 2.75) is 0 Å². The SMILES string of the molecule is O=C(Nc1ccccc1I)c1ccn2cc(-c3ccccc3)nc2c1. The third kappa shape index (κ3) is 3.28. The first-order chi connectivity index (χ1) is 12.2. The Labute approximate surface area is 158 Å². The number of pyridine rings is 1. The van der Waals surface area contributed by atoms with Crippen molar-refractivity contribution >= 4 is 39.8 Å². The Balaban J connectivity index is 1.65. The van der Waals surface area contributed by atoms with E-state index in [0.717, 1.165) is 26.2 Å². The van der Waals surface area contributed by atoms with Crippen LogP contribution in [0.25, 0.3) is 16.9 Å². The summed E-state index contributed by atoms with van der Waals surface area (Å²) in [6.07, 6.45) is 3.83. The fourth-order valence-electron chi connectivity index (χ4n) is 2.63. The van der Waals surface area contributed by atoms with E-state index < -0.39 is 0 Å². The van der Waals surface area contributed by atoms with Gasteiger partial charge in [0.05, 0.1) is 11.4 Å². The average Bonchev–Trinajstić information content (AvgIpc) is 3.07. The summed E-state index contributed by atoms with van der Waals surface area (Å²) in [4.78, 5) is 17.2. The summed E-state index contributed by atoms with van der Waals surface area (Å²) in [6.45, 7) is 0. The van der Waals surface area contributed by atoms with E-state index in [9.17, 15) is 4.79 Å². The van der Waals surface area contributed by atoms with E-state index in [2.05, 4.69) is 32.9 Å². The molecule has 5 heteroatoms. The van der Waals surface area contributed by atoms with Crippen molar-refractivity contribution in [3.05, 3.63) is 88.3 Å². The Bertz CT molecular complexity index is 1060. The molecule has 0 unspecified atom stereocenters. The number of carbonyl (C=O) groups excluding carboxylic acids is 1. The second kappa shape index (κ2) is 6.68. The van der Waals surface area contributed by atoms with E-state index in [1.807, 2.05) is 71.4 Å². The Hall–Kier alpha value is -2.67. The normalized spacial score (nSPS) is 10.8. The van der Waals surface area contributed by atoms with Gasteiger partial charge in [-0.1, -0.05) is 42.5 Å². The predicted molar refractivity (Wildman–Crippen MR) is 108 cm³/mol. The molecule has 0 atom stereocenters. The molecular weight excluding hydrogens is 425 g/mol. The van der Waals surface area contributed by atoms with Gasteiger partial charge in [-0.3, -0.25) is 4.79 Å². The van der Waals surface area contributed by atoms with E-state index >= 15 is 0 Å². The maximum atomic E-state index is 12.5. The molecule has 25 heavy (non-hydrogen) atoms. The van der Waals surface area contributed by atoms with Gasteiger partial charge in [-0.15, -0.1) is 0 Å². The van der Waals surface area contributed by atoms with Crippen LogP contribution in [0.15, 0.2) is 79.1 Å². The molecule has 4 nitrogen and oxygen atoms in total. The van der Waals surface area contributed by atoms with Crippen molar-refractivity contribution in [3.8, 4) is 11.3 Å².